The molecule has 126 valence electrons. The van der Waals surface area contributed by atoms with Gasteiger partial charge in [-0.2, -0.15) is 0 Å². The SMILES string of the molecule is O=C(Nc1ccccc1Cl)c1cc(NC2CCCCCC2)ncn1. The molecule has 6 heteroatoms. The maximum atomic E-state index is 12.4. The Morgan fingerprint density at radius 2 is 1.83 bits per heavy atom. The van der Waals surface area contributed by atoms with Gasteiger partial charge in [-0.3, -0.25) is 4.79 Å². The standard InChI is InChI=1S/C18H21ClN4O/c19-14-9-5-6-10-15(14)23-18(24)16-11-17(21-12-20-16)22-13-7-3-1-2-4-8-13/h5-6,9-13H,1-4,7-8H2,(H,23,24)(H,20,21,22). The molecular formula is C18H21ClN4O. The number of benzene rings is 1. The minimum absolute atomic E-state index is 0.297. The average molecular weight is 345 g/mol. The quantitative estimate of drug-likeness (QED) is 0.800. The zero-order valence-electron chi connectivity index (χ0n) is 13.5. The molecule has 1 fully saturated rings. The molecule has 5 nitrogen and oxygen atoms in total. The Hall–Kier alpha value is -2.14. The number of para-hydroxylation sites is 1. The van der Waals surface area contributed by atoms with Crippen molar-refractivity contribution in [3.63, 3.8) is 0 Å². The Morgan fingerprint density at radius 1 is 1.08 bits per heavy atom. The summed E-state index contributed by atoms with van der Waals surface area (Å²) < 4.78 is 0. The van der Waals surface area contributed by atoms with Crippen LogP contribution in [0, 0.1) is 0 Å². The summed E-state index contributed by atoms with van der Waals surface area (Å²) in [6, 6.07) is 9.24. The molecule has 0 atom stereocenters. The normalized spacial score (nSPS) is 15.5. The van der Waals surface area contributed by atoms with Crippen molar-refractivity contribution in [3.8, 4) is 0 Å². The lowest BCUT2D eigenvalue weighted by atomic mass is 10.1. The van der Waals surface area contributed by atoms with Gasteiger partial charge in [0.05, 0.1) is 10.7 Å². The van der Waals surface area contributed by atoms with Crippen molar-refractivity contribution in [2.45, 2.75) is 44.6 Å². The Balaban J connectivity index is 1.68. The summed E-state index contributed by atoms with van der Waals surface area (Å²) in [6.07, 6.45) is 8.78. The third-order valence-electron chi connectivity index (χ3n) is 4.23. The number of rotatable bonds is 4. The molecule has 1 aliphatic rings. The van der Waals surface area contributed by atoms with Crippen LogP contribution in [0.3, 0.4) is 0 Å². The van der Waals surface area contributed by atoms with Crippen LogP contribution in [0.1, 0.15) is 49.0 Å². The highest BCUT2D eigenvalue weighted by atomic mass is 35.5. The van der Waals surface area contributed by atoms with Gasteiger partial charge in [0.15, 0.2) is 0 Å². The summed E-state index contributed by atoms with van der Waals surface area (Å²) in [5.41, 5.74) is 0.891. The smallest absolute Gasteiger partial charge is 0.274 e. The fourth-order valence-corrected chi connectivity index (χ4v) is 3.13. The first-order valence-corrected chi connectivity index (χ1v) is 8.74. The molecule has 2 aromatic rings. The minimum Gasteiger partial charge on any atom is -0.367 e. The Kier molecular flexibility index (Phi) is 5.64. The highest BCUT2D eigenvalue weighted by molar-refractivity contribution is 6.33. The molecule has 2 N–H and O–H groups in total. The van der Waals surface area contributed by atoms with Gasteiger partial charge < -0.3 is 10.6 Å². The Morgan fingerprint density at radius 3 is 2.58 bits per heavy atom. The number of carbonyl (C=O) groups excluding carboxylic acids is 1. The molecule has 1 saturated carbocycles. The molecule has 1 aromatic heterocycles. The van der Waals surface area contributed by atoms with Gasteiger partial charge in [0, 0.05) is 12.1 Å². The van der Waals surface area contributed by atoms with E-state index in [0.717, 1.165) is 12.8 Å². The van der Waals surface area contributed by atoms with Crippen LogP contribution in [0.25, 0.3) is 0 Å². The van der Waals surface area contributed by atoms with E-state index < -0.39 is 0 Å². The third kappa shape index (κ3) is 4.45. The van der Waals surface area contributed by atoms with E-state index >= 15 is 0 Å². The number of carbonyl (C=O) groups is 1. The Bertz CT molecular complexity index is 699. The molecule has 0 unspecified atom stereocenters. The second kappa shape index (κ2) is 8.11. The molecular weight excluding hydrogens is 324 g/mol. The van der Waals surface area contributed by atoms with Crippen molar-refractivity contribution < 1.29 is 4.79 Å². The van der Waals surface area contributed by atoms with Gasteiger partial charge in [-0.25, -0.2) is 9.97 Å². The average Bonchev–Trinajstić information content (AvgIpc) is 2.86. The van der Waals surface area contributed by atoms with E-state index in [-0.39, 0.29) is 5.91 Å². The molecule has 0 radical (unpaired) electrons. The van der Waals surface area contributed by atoms with Gasteiger partial charge in [-0.15, -0.1) is 0 Å². The molecule has 1 amide bonds. The number of hydrogen-bond acceptors (Lipinski definition) is 4. The summed E-state index contributed by atoms with van der Waals surface area (Å²) >= 11 is 6.07. The molecule has 0 bridgehead atoms. The van der Waals surface area contributed by atoms with Crippen LogP contribution in [0.15, 0.2) is 36.7 Å². The monoisotopic (exact) mass is 344 g/mol. The van der Waals surface area contributed by atoms with Gasteiger partial charge in [-0.05, 0) is 25.0 Å². The van der Waals surface area contributed by atoms with Crippen LogP contribution < -0.4 is 10.6 Å². The summed E-state index contributed by atoms with van der Waals surface area (Å²) in [6.45, 7) is 0. The fraction of sp³-hybridized carbons (Fsp3) is 0.389. The van der Waals surface area contributed by atoms with E-state index in [4.69, 9.17) is 11.6 Å². The van der Waals surface area contributed by atoms with Crippen molar-refractivity contribution in [2.75, 3.05) is 10.6 Å². The molecule has 24 heavy (non-hydrogen) atoms. The lowest BCUT2D eigenvalue weighted by Crippen LogP contribution is -2.20. The van der Waals surface area contributed by atoms with Crippen molar-refractivity contribution in [2.24, 2.45) is 0 Å². The van der Waals surface area contributed by atoms with E-state index in [2.05, 4.69) is 20.6 Å². The van der Waals surface area contributed by atoms with E-state index in [0.29, 0.717) is 28.3 Å². The van der Waals surface area contributed by atoms with Crippen molar-refractivity contribution in [1.82, 2.24) is 9.97 Å². The van der Waals surface area contributed by atoms with Gasteiger partial charge >= 0.3 is 0 Å². The first kappa shape index (κ1) is 16.7. The van der Waals surface area contributed by atoms with E-state index in [1.54, 1.807) is 18.2 Å². The number of halogens is 1. The van der Waals surface area contributed by atoms with Gasteiger partial charge in [0.1, 0.15) is 17.8 Å². The van der Waals surface area contributed by atoms with Crippen LogP contribution >= 0.6 is 11.6 Å². The molecule has 1 heterocycles. The minimum atomic E-state index is -0.297. The number of nitrogens with one attached hydrogen (secondary N) is 2. The highest BCUT2D eigenvalue weighted by Gasteiger charge is 2.15. The lowest BCUT2D eigenvalue weighted by Gasteiger charge is -2.17. The van der Waals surface area contributed by atoms with Crippen molar-refractivity contribution in [1.29, 1.82) is 0 Å². The first-order valence-electron chi connectivity index (χ1n) is 8.37. The maximum Gasteiger partial charge on any atom is 0.274 e. The van der Waals surface area contributed by atoms with E-state index in [1.165, 1.54) is 32.0 Å². The topological polar surface area (TPSA) is 66.9 Å². The summed E-state index contributed by atoms with van der Waals surface area (Å²) in [5.74, 6) is 0.399. The van der Waals surface area contributed by atoms with Gasteiger partial charge in [0.25, 0.3) is 5.91 Å². The largest absolute Gasteiger partial charge is 0.367 e. The number of amides is 1. The van der Waals surface area contributed by atoms with Crippen LogP contribution in [0.2, 0.25) is 5.02 Å². The summed E-state index contributed by atoms with van der Waals surface area (Å²) in [7, 11) is 0. The molecule has 0 spiro atoms. The van der Waals surface area contributed by atoms with Gasteiger partial charge in [-0.1, -0.05) is 49.4 Å². The van der Waals surface area contributed by atoms with Crippen LogP contribution in [-0.2, 0) is 0 Å². The predicted octanol–water partition coefficient (Wildman–Crippen LogP) is 4.52. The van der Waals surface area contributed by atoms with Crippen LogP contribution in [0.4, 0.5) is 11.5 Å². The molecule has 0 aliphatic heterocycles. The molecule has 3 rings (SSSR count). The molecule has 0 saturated heterocycles. The summed E-state index contributed by atoms with van der Waals surface area (Å²) in [4.78, 5) is 20.7. The maximum absolute atomic E-state index is 12.4. The van der Waals surface area contributed by atoms with Crippen LogP contribution in [-0.4, -0.2) is 21.9 Å². The second-order valence-electron chi connectivity index (χ2n) is 6.06. The summed E-state index contributed by atoms with van der Waals surface area (Å²) in [5, 5.41) is 6.71. The van der Waals surface area contributed by atoms with E-state index in [1.807, 2.05) is 12.1 Å². The van der Waals surface area contributed by atoms with E-state index in [9.17, 15) is 4.79 Å². The zero-order chi connectivity index (χ0) is 16.8. The zero-order valence-corrected chi connectivity index (χ0v) is 14.2. The van der Waals surface area contributed by atoms with Crippen molar-refractivity contribution >= 4 is 29.0 Å². The second-order valence-corrected chi connectivity index (χ2v) is 6.46. The highest BCUT2D eigenvalue weighted by Crippen LogP contribution is 2.22. The molecule has 1 aromatic carbocycles. The van der Waals surface area contributed by atoms with Crippen LogP contribution in [0.5, 0.6) is 0 Å². The number of anilines is 2. The number of nitrogens with zero attached hydrogens (tertiary/aromatic N) is 2. The lowest BCUT2D eigenvalue weighted by molar-refractivity contribution is 0.102. The first-order chi connectivity index (χ1) is 11.7. The predicted molar refractivity (Wildman–Crippen MR) is 96.5 cm³/mol. The number of aromatic nitrogens is 2. The van der Waals surface area contributed by atoms with Crippen molar-refractivity contribution in [3.05, 3.63) is 47.4 Å². The fourth-order valence-electron chi connectivity index (χ4n) is 2.94. The third-order valence-corrected chi connectivity index (χ3v) is 4.56. The molecule has 1 aliphatic carbocycles. The number of hydrogen-bond donors (Lipinski definition) is 2. The van der Waals surface area contributed by atoms with Gasteiger partial charge in [0.2, 0.25) is 0 Å². The Labute approximate surface area is 146 Å².